The summed E-state index contributed by atoms with van der Waals surface area (Å²) < 4.78 is 48.0. The molecule has 2 atom stereocenters. The molecule has 4 rings (SSSR count). The van der Waals surface area contributed by atoms with E-state index in [1.54, 1.807) is 13.1 Å². The highest BCUT2D eigenvalue weighted by molar-refractivity contribution is 5.61. The zero-order valence-corrected chi connectivity index (χ0v) is 16.6. The van der Waals surface area contributed by atoms with E-state index in [0.29, 0.717) is 16.8 Å². The average Bonchev–Trinajstić information content (AvgIpc) is 3.18. The van der Waals surface area contributed by atoms with Crippen molar-refractivity contribution in [1.29, 1.82) is 0 Å². The number of alkyl halides is 3. The molecule has 1 aromatic heterocycles. The first-order chi connectivity index (χ1) is 14.4. The molecule has 3 aromatic rings. The Labute approximate surface area is 172 Å². The summed E-state index contributed by atoms with van der Waals surface area (Å²) >= 11 is 0. The van der Waals surface area contributed by atoms with E-state index in [2.05, 4.69) is 15.6 Å². The lowest BCUT2D eigenvalue weighted by molar-refractivity contribution is -0.137. The molecule has 0 aliphatic carbocycles. The molecule has 0 saturated carbocycles. The lowest BCUT2D eigenvalue weighted by Crippen LogP contribution is -2.39. The molecule has 1 aliphatic rings. The number of ether oxygens (including phenoxy) is 1. The van der Waals surface area contributed by atoms with Crippen LogP contribution in [0.3, 0.4) is 0 Å². The Morgan fingerprint density at radius 2 is 1.97 bits per heavy atom. The maximum Gasteiger partial charge on any atom is 0.416 e. The fraction of sp³-hybridized carbons (Fsp3) is 0.364. The number of benzene rings is 2. The Morgan fingerprint density at radius 3 is 2.67 bits per heavy atom. The van der Waals surface area contributed by atoms with Crippen molar-refractivity contribution in [2.75, 3.05) is 6.54 Å². The molecule has 0 radical (unpaired) electrons. The van der Waals surface area contributed by atoms with E-state index in [-0.39, 0.29) is 18.8 Å². The van der Waals surface area contributed by atoms with E-state index in [9.17, 15) is 13.2 Å². The first-order valence-corrected chi connectivity index (χ1v) is 9.88. The lowest BCUT2D eigenvalue weighted by Gasteiger charge is -2.33. The summed E-state index contributed by atoms with van der Waals surface area (Å²) in [6.45, 7) is 0.985. The van der Waals surface area contributed by atoms with Gasteiger partial charge in [-0.25, -0.2) is 4.68 Å². The Kier molecular flexibility index (Phi) is 5.87. The normalized spacial score (nSPS) is 19.7. The van der Waals surface area contributed by atoms with Crippen molar-refractivity contribution < 1.29 is 17.9 Å². The minimum atomic E-state index is -4.45. The van der Waals surface area contributed by atoms with Crippen LogP contribution < -0.4 is 5.32 Å². The number of nitrogens with zero attached hydrogens (tertiary/aromatic N) is 3. The van der Waals surface area contributed by atoms with Crippen molar-refractivity contribution in [3.8, 4) is 11.3 Å². The molecule has 0 bridgehead atoms. The van der Waals surface area contributed by atoms with Crippen LogP contribution in [0.25, 0.3) is 11.3 Å². The van der Waals surface area contributed by atoms with Crippen LogP contribution in [0.2, 0.25) is 0 Å². The van der Waals surface area contributed by atoms with Gasteiger partial charge in [-0.15, -0.1) is 5.10 Å². The van der Waals surface area contributed by atoms with Gasteiger partial charge in [-0.1, -0.05) is 35.5 Å². The van der Waals surface area contributed by atoms with Crippen molar-refractivity contribution in [1.82, 2.24) is 20.3 Å². The average molecular weight is 416 g/mol. The number of rotatable bonds is 5. The van der Waals surface area contributed by atoms with Crippen LogP contribution in [0.4, 0.5) is 13.2 Å². The number of piperidine rings is 1. The standard InChI is InChI=1S/C22H23F3N4O/c1-29-19(13-27-28-29)17-10-15(11-18(12-17)22(23,24)25)14-30-20-8-5-9-26-21(20)16-6-3-2-4-7-16/h2-4,6-7,10-13,20-21,26H,5,8-9,14H2,1H3. The molecule has 0 spiro atoms. The Morgan fingerprint density at radius 1 is 1.17 bits per heavy atom. The second-order valence-corrected chi connectivity index (χ2v) is 7.49. The van der Waals surface area contributed by atoms with Crippen LogP contribution in [0, 0.1) is 0 Å². The molecule has 1 saturated heterocycles. The van der Waals surface area contributed by atoms with Gasteiger partial charge in [0.2, 0.25) is 0 Å². The number of nitrogens with one attached hydrogen (secondary N) is 1. The predicted octanol–water partition coefficient (Wildman–Crippen LogP) is 4.51. The zero-order valence-electron chi connectivity index (χ0n) is 16.6. The highest BCUT2D eigenvalue weighted by Crippen LogP contribution is 2.34. The molecule has 8 heteroatoms. The third-order valence-electron chi connectivity index (χ3n) is 5.35. The summed E-state index contributed by atoms with van der Waals surface area (Å²) in [4.78, 5) is 0. The van der Waals surface area contributed by atoms with Gasteiger partial charge in [0.1, 0.15) is 0 Å². The van der Waals surface area contributed by atoms with Crippen molar-refractivity contribution in [2.24, 2.45) is 7.05 Å². The Bertz CT molecular complexity index is 988. The fourth-order valence-electron chi connectivity index (χ4n) is 3.87. The van der Waals surface area contributed by atoms with Gasteiger partial charge in [0.25, 0.3) is 0 Å². The lowest BCUT2D eigenvalue weighted by atomic mass is 9.94. The largest absolute Gasteiger partial charge is 0.416 e. The van der Waals surface area contributed by atoms with Crippen molar-refractivity contribution in [3.63, 3.8) is 0 Å². The maximum absolute atomic E-state index is 13.5. The molecule has 1 N–H and O–H groups in total. The van der Waals surface area contributed by atoms with Gasteiger partial charge < -0.3 is 10.1 Å². The maximum atomic E-state index is 13.5. The summed E-state index contributed by atoms with van der Waals surface area (Å²) in [5.41, 5.74) is 1.81. The molecule has 2 heterocycles. The third kappa shape index (κ3) is 4.55. The highest BCUT2D eigenvalue weighted by atomic mass is 19.4. The molecule has 158 valence electrons. The van der Waals surface area contributed by atoms with Gasteiger partial charge in [-0.3, -0.25) is 0 Å². The van der Waals surface area contributed by atoms with Crippen molar-refractivity contribution in [3.05, 3.63) is 71.4 Å². The van der Waals surface area contributed by atoms with E-state index < -0.39 is 11.7 Å². The fourth-order valence-corrected chi connectivity index (χ4v) is 3.87. The van der Waals surface area contributed by atoms with Gasteiger partial charge in [0, 0.05) is 12.6 Å². The van der Waals surface area contributed by atoms with Crippen LogP contribution in [0.1, 0.15) is 35.6 Å². The SMILES string of the molecule is Cn1nncc1-c1cc(COC2CCCNC2c2ccccc2)cc(C(F)(F)F)c1. The number of aryl methyl sites for hydroxylation is 1. The van der Waals surface area contributed by atoms with Gasteiger partial charge in [-0.2, -0.15) is 13.2 Å². The summed E-state index contributed by atoms with van der Waals surface area (Å²) in [7, 11) is 1.65. The Hall–Kier alpha value is -2.71. The minimum absolute atomic E-state index is 0.0199. The molecule has 0 amide bonds. The first kappa shape index (κ1) is 20.6. The van der Waals surface area contributed by atoms with Crippen LogP contribution in [-0.4, -0.2) is 27.6 Å². The molecule has 30 heavy (non-hydrogen) atoms. The van der Waals surface area contributed by atoms with Gasteiger partial charge in [0.15, 0.2) is 0 Å². The van der Waals surface area contributed by atoms with Crippen molar-refractivity contribution in [2.45, 2.75) is 37.8 Å². The molecule has 5 nitrogen and oxygen atoms in total. The quantitative estimate of drug-likeness (QED) is 0.665. The second-order valence-electron chi connectivity index (χ2n) is 7.49. The first-order valence-electron chi connectivity index (χ1n) is 9.88. The van der Waals surface area contributed by atoms with Crippen LogP contribution in [-0.2, 0) is 24.6 Å². The smallest absolute Gasteiger partial charge is 0.372 e. The van der Waals surface area contributed by atoms with E-state index in [1.807, 2.05) is 30.3 Å². The van der Waals surface area contributed by atoms with Crippen LogP contribution in [0.5, 0.6) is 0 Å². The Balaban J connectivity index is 1.58. The minimum Gasteiger partial charge on any atom is -0.372 e. The van der Waals surface area contributed by atoms with E-state index >= 15 is 0 Å². The van der Waals surface area contributed by atoms with Gasteiger partial charge in [0.05, 0.1) is 36.2 Å². The number of aromatic nitrogens is 3. The monoisotopic (exact) mass is 416 g/mol. The van der Waals surface area contributed by atoms with Gasteiger partial charge in [-0.05, 0) is 48.7 Å². The summed E-state index contributed by atoms with van der Waals surface area (Å²) in [6.07, 6.45) is -1.30. The van der Waals surface area contributed by atoms with E-state index in [4.69, 9.17) is 4.74 Å². The van der Waals surface area contributed by atoms with E-state index in [0.717, 1.165) is 37.1 Å². The molecule has 2 aromatic carbocycles. The third-order valence-corrected chi connectivity index (χ3v) is 5.35. The van der Waals surface area contributed by atoms with Gasteiger partial charge >= 0.3 is 6.18 Å². The number of halogens is 3. The van der Waals surface area contributed by atoms with E-state index in [1.165, 1.54) is 10.9 Å². The molecule has 1 fully saturated rings. The summed E-state index contributed by atoms with van der Waals surface area (Å²) in [6, 6.07) is 14.0. The molecule has 2 unspecified atom stereocenters. The summed E-state index contributed by atoms with van der Waals surface area (Å²) in [5, 5.41) is 11.1. The number of hydrogen-bond acceptors (Lipinski definition) is 4. The van der Waals surface area contributed by atoms with Crippen molar-refractivity contribution >= 4 is 0 Å². The predicted molar refractivity (Wildman–Crippen MR) is 106 cm³/mol. The summed E-state index contributed by atoms with van der Waals surface area (Å²) in [5.74, 6) is 0. The molecule has 1 aliphatic heterocycles. The number of hydrogen-bond donors (Lipinski definition) is 1. The highest BCUT2D eigenvalue weighted by Gasteiger charge is 2.32. The van der Waals surface area contributed by atoms with Crippen LogP contribution >= 0.6 is 0 Å². The second kappa shape index (κ2) is 8.57. The zero-order chi connectivity index (χ0) is 21.1. The topological polar surface area (TPSA) is 52.0 Å². The molecular formula is C22H23F3N4O. The van der Waals surface area contributed by atoms with Crippen LogP contribution in [0.15, 0.2) is 54.7 Å². The molecular weight excluding hydrogens is 393 g/mol.